The highest BCUT2D eigenvalue weighted by Gasteiger charge is 2.20. The molecule has 0 rings (SSSR count). The predicted molar refractivity (Wildman–Crippen MR) is 45.2 cm³/mol. The summed E-state index contributed by atoms with van der Waals surface area (Å²) in [5.74, 6) is 0. The molecule has 0 aromatic rings. The Kier molecular flexibility index (Phi) is 4.65. The first kappa shape index (κ1) is 10.5. The molecule has 0 saturated heterocycles. The fourth-order valence-electron chi connectivity index (χ4n) is 0.371. The molecule has 1 N–H and O–H groups in total. The maximum Gasteiger partial charge on any atom is 0.319 e. The largest absolute Gasteiger partial charge is 0.355 e. The third-order valence-electron chi connectivity index (χ3n) is 0.591. The topological polar surface area (TPSA) is 38.7 Å². The van der Waals surface area contributed by atoms with Gasteiger partial charge in [0.05, 0.1) is 6.61 Å². The number of hydrogen-bond acceptors (Lipinski definition) is 3. The van der Waals surface area contributed by atoms with Gasteiger partial charge in [0, 0.05) is 0 Å². The third-order valence-corrected chi connectivity index (χ3v) is 3.89. The Labute approximate surface area is 64.5 Å². The van der Waals surface area contributed by atoms with Crippen LogP contribution in [0.5, 0.6) is 0 Å². The Morgan fingerprint density at radius 1 is 1.40 bits per heavy atom. The van der Waals surface area contributed by atoms with Crippen molar-refractivity contribution in [3.63, 3.8) is 0 Å². The van der Waals surface area contributed by atoms with E-state index >= 15 is 0 Å². The zero-order chi connectivity index (χ0) is 8.20. The van der Waals surface area contributed by atoms with Crippen LogP contribution in [0.15, 0.2) is 0 Å². The standard InChI is InChI=1S/C5H15O3PSi/c1-5-7-9(6)8-10(2,3)4/h6H,5H2,1-4H3. The second kappa shape index (κ2) is 4.41. The quantitative estimate of drug-likeness (QED) is 0.534. The summed E-state index contributed by atoms with van der Waals surface area (Å²) in [5, 5.41) is 0. The molecule has 0 saturated carbocycles. The number of rotatable bonds is 4. The Balaban J connectivity index is 3.47. The van der Waals surface area contributed by atoms with E-state index in [1.54, 1.807) is 0 Å². The van der Waals surface area contributed by atoms with E-state index in [1.807, 2.05) is 26.6 Å². The number of hydrogen-bond donors (Lipinski definition) is 1. The van der Waals surface area contributed by atoms with Gasteiger partial charge < -0.3 is 13.6 Å². The van der Waals surface area contributed by atoms with Crippen molar-refractivity contribution in [2.75, 3.05) is 6.61 Å². The lowest BCUT2D eigenvalue weighted by Gasteiger charge is -2.19. The molecule has 0 spiro atoms. The first-order valence-electron chi connectivity index (χ1n) is 3.27. The summed E-state index contributed by atoms with van der Waals surface area (Å²) in [6.45, 7) is 8.37. The van der Waals surface area contributed by atoms with Crippen LogP contribution in [0.1, 0.15) is 6.92 Å². The molecule has 0 fully saturated rings. The lowest BCUT2D eigenvalue weighted by Crippen LogP contribution is -2.22. The van der Waals surface area contributed by atoms with Gasteiger partial charge in [-0.3, -0.25) is 0 Å². The summed E-state index contributed by atoms with van der Waals surface area (Å²) >= 11 is 0. The van der Waals surface area contributed by atoms with Gasteiger partial charge >= 0.3 is 8.60 Å². The minimum absolute atomic E-state index is 0.507. The monoisotopic (exact) mass is 182 g/mol. The summed E-state index contributed by atoms with van der Waals surface area (Å²) in [6.07, 6.45) is 0. The van der Waals surface area contributed by atoms with Crippen LogP contribution >= 0.6 is 8.60 Å². The van der Waals surface area contributed by atoms with E-state index in [1.165, 1.54) is 0 Å². The molecule has 0 bridgehead atoms. The molecule has 1 atom stereocenters. The molecule has 0 heterocycles. The SMILES string of the molecule is CCOP(O)O[Si](C)(C)C. The molecule has 0 radical (unpaired) electrons. The maximum absolute atomic E-state index is 9.04. The Morgan fingerprint density at radius 2 is 1.90 bits per heavy atom. The molecule has 1 unspecified atom stereocenters. The molecular formula is C5H15O3PSi. The summed E-state index contributed by atoms with van der Waals surface area (Å²) in [7, 11) is -3.21. The smallest absolute Gasteiger partial charge is 0.319 e. The molecular weight excluding hydrogens is 167 g/mol. The van der Waals surface area contributed by atoms with Crippen molar-refractivity contribution < 1.29 is 13.6 Å². The van der Waals surface area contributed by atoms with Crippen LogP contribution in [0.2, 0.25) is 19.6 Å². The molecule has 0 aliphatic heterocycles. The summed E-state index contributed by atoms with van der Waals surface area (Å²) in [4.78, 5) is 9.04. The van der Waals surface area contributed by atoms with Crippen molar-refractivity contribution >= 4 is 16.9 Å². The van der Waals surface area contributed by atoms with Crippen LogP contribution in [0.3, 0.4) is 0 Å². The molecule has 3 nitrogen and oxygen atoms in total. The van der Waals surface area contributed by atoms with Gasteiger partial charge in [-0.15, -0.1) is 0 Å². The predicted octanol–water partition coefficient (Wildman–Crippen LogP) is 2.09. The zero-order valence-corrected chi connectivity index (χ0v) is 8.81. The Hall–Kier alpha value is 0.527. The average molecular weight is 182 g/mol. The highest BCUT2D eigenvalue weighted by atomic mass is 31.2. The van der Waals surface area contributed by atoms with Crippen molar-refractivity contribution in [2.45, 2.75) is 26.6 Å². The van der Waals surface area contributed by atoms with Crippen LogP contribution < -0.4 is 0 Å². The van der Waals surface area contributed by atoms with E-state index in [2.05, 4.69) is 0 Å². The molecule has 5 heteroatoms. The summed E-state index contributed by atoms with van der Waals surface area (Å²) in [5.41, 5.74) is 0. The van der Waals surface area contributed by atoms with Crippen LogP contribution in [0.25, 0.3) is 0 Å². The first-order valence-corrected chi connectivity index (χ1v) is 7.80. The molecule has 10 heavy (non-hydrogen) atoms. The van der Waals surface area contributed by atoms with Crippen molar-refractivity contribution in [1.82, 2.24) is 0 Å². The van der Waals surface area contributed by atoms with Crippen LogP contribution in [-0.4, -0.2) is 19.8 Å². The fraction of sp³-hybridized carbons (Fsp3) is 1.00. The Bertz CT molecular complexity index is 93.4. The summed E-state index contributed by atoms with van der Waals surface area (Å²) in [6, 6.07) is 0. The van der Waals surface area contributed by atoms with Gasteiger partial charge in [0.1, 0.15) is 0 Å². The lowest BCUT2D eigenvalue weighted by atomic mass is 10.9. The van der Waals surface area contributed by atoms with Crippen molar-refractivity contribution in [3.8, 4) is 0 Å². The van der Waals surface area contributed by atoms with Gasteiger partial charge in [-0.2, -0.15) is 0 Å². The molecule has 0 aliphatic carbocycles. The molecule has 62 valence electrons. The van der Waals surface area contributed by atoms with Crippen molar-refractivity contribution in [1.29, 1.82) is 0 Å². The van der Waals surface area contributed by atoms with Crippen LogP contribution in [0, 0.1) is 0 Å². The third kappa shape index (κ3) is 6.64. The normalized spacial score (nSPS) is 15.3. The zero-order valence-electron chi connectivity index (χ0n) is 6.92. The van der Waals surface area contributed by atoms with E-state index in [-0.39, 0.29) is 0 Å². The van der Waals surface area contributed by atoms with Gasteiger partial charge in [0.25, 0.3) is 0 Å². The Morgan fingerprint density at radius 3 is 2.20 bits per heavy atom. The fourth-order valence-corrected chi connectivity index (χ4v) is 2.68. The van der Waals surface area contributed by atoms with Gasteiger partial charge in [0.15, 0.2) is 8.32 Å². The minimum Gasteiger partial charge on any atom is -0.355 e. The van der Waals surface area contributed by atoms with Crippen molar-refractivity contribution in [3.05, 3.63) is 0 Å². The van der Waals surface area contributed by atoms with Gasteiger partial charge in [-0.25, -0.2) is 0 Å². The van der Waals surface area contributed by atoms with Gasteiger partial charge in [-0.1, -0.05) is 0 Å². The van der Waals surface area contributed by atoms with Gasteiger partial charge in [-0.05, 0) is 26.6 Å². The minimum atomic E-state index is -1.61. The van der Waals surface area contributed by atoms with E-state index in [9.17, 15) is 0 Å². The van der Waals surface area contributed by atoms with E-state index in [0.717, 1.165) is 0 Å². The maximum atomic E-state index is 9.04. The lowest BCUT2D eigenvalue weighted by molar-refractivity contribution is 0.273. The second-order valence-corrected chi connectivity index (χ2v) is 8.55. The molecule has 0 amide bonds. The van der Waals surface area contributed by atoms with E-state index < -0.39 is 16.9 Å². The van der Waals surface area contributed by atoms with E-state index in [0.29, 0.717) is 6.61 Å². The van der Waals surface area contributed by atoms with Gasteiger partial charge in [0.2, 0.25) is 0 Å². The van der Waals surface area contributed by atoms with Crippen LogP contribution in [0.4, 0.5) is 0 Å². The molecule has 0 aliphatic rings. The molecule has 0 aromatic carbocycles. The first-order chi connectivity index (χ1) is 4.45. The average Bonchev–Trinajstić information content (AvgIpc) is 1.59. The van der Waals surface area contributed by atoms with Crippen molar-refractivity contribution in [2.24, 2.45) is 0 Å². The highest BCUT2D eigenvalue weighted by molar-refractivity contribution is 7.42. The highest BCUT2D eigenvalue weighted by Crippen LogP contribution is 2.36. The van der Waals surface area contributed by atoms with E-state index in [4.69, 9.17) is 13.6 Å². The second-order valence-electron chi connectivity index (χ2n) is 2.86. The molecule has 0 aromatic heterocycles. The summed E-state index contributed by atoms with van der Waals surface area (Å²) < 4.78 is 10.1. The van der Waals surface area contributed by atoms with Crippen LogP contribution in [-0.2, 0) is 8.74 Å².